The number of aryl methyl sites for hydroxylation is 1. The number of rotatable bonds is 2. The molecule has 0 aromatic heterocycles. The van der Waals surface area contributed by atoms with Crippen molar-refractivity contribution in [2.24, 2.45) is 5.73 Å². The van der Waals surface area contributed by atoms with Crippen LogP contribution < -0.4 is 5.73 Å². The summed E-state index contributed by atoms with van der Waals surface area (Å²) in [5.74, 6) is 0. The van der Waals surface area contributed by atoms with Gasteiger partial charge < -0.3 is 5.73 Å². The van der Waals surface area contributed by atoms with E-state index in [0.717, 1.165) is 16.7 Å². The maximum absolute atomic E-state index is 6.48. The minimum Gasteiger partial charge on any atom is -0.318 e. The Bertz CT molecular complexity index is 576. The van der Waals surface area contributed by atoms with Crippen LogP contribution in [-0.2, 0) is 5.54 Å². The van der Waals surface area contributed by atoms with Crippen molar-refractivity contribution < 1.29 is 0 Å². The molecule has 0 aliphatic carbocycles. The lowest BCUT2D eigenvalue weighted by atomic mass is 9.83. The maximum Gasteiger partial charge on any atom is 0.0654 e. The van der Waals surface area contributed by atoms with Gasteiger partial charge in [-0.05, 0) is 42.7 Å². The number of nitrogens with two attached hydrogens (primary N) is 1. The van der Waals surface area contributed by atoms with E-state index in [4.69, 9.17) is 28.9 Å². The fourth-order valence-electron chi connectivity index (χ4n) is 2.21. The Kier molecular flexibility index (Phi) is 3.67. The topological polar surface area (TPSA) is 26.0 Å². The number of halogens is 2. The standard InChI is InChI=1S/C15H15Cl2N/c1-10-5-3-4-6-12(10)15(2,18)13-8-7-11(16)9-14(13)17/h3-9H,18H2,1-2H3. The molecule has 2 N–H and O–H groups in total. The van der Waals surface area contributed by atoms with E-state index in [1.54, 1.807) is 6.07 Å². The first-order valence-corrected chi connectivity index (χ1v) is 6.49. The molecule has 3 heteroatoms. The summed E-state index contributed by atoms with van der Waals surface area (Å²) in [7, 11) is 0. The molecule has 0 spiro atoms. The first-order chi connectivity index (χ1) is 8.43. The fourth-order valence-corrected chi connectivity index (χ4v) is 2.82. The van der Waals surface area contributed by atoms with Crippen LogP contribution in [-0.4, -0.2) is 0 Å². The molecular formula is C15H15Cl2N. The molecule has 0 radical (unpaired) electrons. The molecule has 2 rings (SSSR count). The summed E-state index contributed by atoms with van der Waals surface area (Å²) in [6.45, 7) is 4.01. The monoisotopic (exact) mass is 279 g/mol. The van der Waals surface area contributed by atoms with Crippen LogP contribution >= 0.6 is 23.2 Å². The Hall–Kier alpha value is -1.02. The van der Waals surface area contributed by atoms with Gasteiger partial charge in [0, 0.05) is 10.0 Å². The zero-order valence-corrected chi connectivity index (χ0v) is 11.9. The molecule has 0 aliphatic rings. The maximum atomic E-state index is 6.48. The van der Waals surface area contributed by atoms with E-state index < -0.39 is 5.54 Å². The van der Waals surface area contributed by atoms with Crippen molar-refractivity contribution in [3.05, 3.63) is 69.2 Å². The summed E-state index contributed by atoms with van der Waals surface area (Å²) in [6, 6.07) is 13.5. The van der Waals surface area contributed by atoms with Crippen LogP contribution in [0.15, 0.2) is 42.5 Å². The summed E-state index contributed by atoms with van der Waals surface area (Å²) >= 11 is 12.2. The van der Waals surface area contributed by atoms with E-state index in [1.165, 1.54) is 0 Å². The highest BCUT2D eigenvalue weighted by Crippen LogP contribution is 2.34. The minimum atomic E-state index is -0.632. The third-order valence-corrected chi connectivity index (χ3v) is 3.74. The average Bonchev–Trinajstić information content (AvgIpc) is 2.28. The molecular weight excluding hydrogens is 265 g/mol. The third kappa shape index (κ3) is 2.39. The van der Waals surface area contributed by atoms with Crippen LogP contribution in [0.1, 0.15) is 23.6 Å². The quantitative estimate of drug-likeness (QED) is 0.859. The van der Waals surface area contributed by atoms with Crippen molar-refractivity contribution in [2.45, 2.75) is 19.4 Å². The lowest BCUT2D eigenvalue weighted by Gasteiger charge is -2.28. The van der Waals surface area contributed by atoms with Crippen molar-refractivity contribution in [3.63, 3.8) is 0 Å². The highest BCUT2D eigenvalue weighted by atomic mass is 35.5. The van der Waals surface area contributed by atoms with Crippen LogP contribution in [0, 0.1) is 6.92 Å². The predicted octanol–water partition coefficient (Wildman–Crippen LogP) is 4.52. The Morgan fingerprint density at radius 2 is 1.67 bits per heavy atom. The van der Waals surface area contributed by atoms with Gasteiger partial charge in [-0.15, -0.1) is 0 Å². The van der Waals surface area contributed by atoms with Crippen LogP contribution in [0.5, 0.6) is 0 Å². The summed E-state index contributed by atoms with van der Waals surface area (Å²) in [5, 5.41) is 1.21. The molecule has 0 fully saturated rings. The van der Waals surface area contributed by atoms with Gasteiger partial charge in [-0.25, -0.2) is 0 Å². The van der Waals surface area contributed by atoms with Crippen LogP contribution in [0.25, 0.3) is 0 Å². The van der Waals surface area contributed by atoms with Gasteiger partial charge in [-0.1, -0.05) is 53.5 Å². The van der Waals surface area contributed by atoms with Crippen molar-refractivity contribution >= 4 is 23.2 Å². The summed E-state index contributed by atoms with van der Waals surface area (Å²) in [6.07, 6.45) is 0. The Morgan fingerprint density at radius 3 is 2.28 bits per heavy atom. The van der Waals surface area contributed by atoms with Gasteiger partial charge in [0.2, 0.25) is 0 Å². The summed E-state index contributed by atoms with van der Waals surface area (Å²) in [4.78, 5) is 0. The smallest absolute Gasteiger partial charge is 0.0654 e. The lowest BCUT2D eigenvalue weighted by Crippen LogP contribution is -2.35. The third-order valence-electron chi connectivity index (χ3n) is 3.20. The van der Waals surface area contributed by atoms with Crippen LogP contribution in [0.4, 0.5) is 0 Å². The molecule has 0 heterocycles. The summed E-state index contributed by atoms with van der Waals surface area (Å²) < 4.78 is 0. The molecule has 1 unspecified atom stereocenters. The first-order valence-electron chi connectivity index (χ1n) is 5.73. The van der Waals surface area contributed by atoms with Gasteiger partial charge in [-0.3, -0.25) is 0 Å². The van der Waals surface area contributed by atoms with E-state index >= 15 is 0 Å². The van der Waals surface area contributed by atoms with Crippen LogP contribution in [0.3, 0.4) is 0 Å². The molecule has 18 heavy (non-hydrogen) atoms. The second-order valence-corrected chi connectivity index (χ2v) is 5.49. The molecule has 1 nitrogen and oxygen atoms in total. The first kappa shape index (κ1) is 13.4. The zero-order chi connectivity index (χ0) is 13.3. The Morgan fingerprint density at radius 1 is 1.00 bits per heavy atom. The van der Waals surface area contributed by atoms with Gasteiger partial charge in [0.25, 0.3) is 0 Å². The van der Waals surface area contributed by atoms with Gasteiger partial charge in [0.15, 0.2) is 0 Å². The SMILES string of the molecule is Cc1ccccc1C(C)(N)c1ccc(Cl)cc1Cl. The van der Waals surface area contributed by atoms with Gasteiger partial charge in [0.05, 0.1) is 5.54 Å². The van der Waals surface area contributed by atoms with E-state index in [-0.39, 0.29) is 0 Å². The van der Waals surface area contributed by atoms with Crippen molar-refractivity contribution in [3.8, 4) is 0 Å². The lowest BCUT2D eigenvalue weighted by molar-refractivity contribution is 0.599. The van der Waals surface area contributed by atoms with E-state index in [2.05, 4.69) is 0 Å². The number of hydrogen-bond acceptors (Lipinski definition) is 1. The molecule has 2 aromatic rings. The highest BCUT2D eigenvalue weighted by molar-refractivity contribution is 6.35. The Labute approximate surface area is 118 Å². The highest BCUT2D eigenvalue weighted by Gasteiger charge is 2.27. The second-order valence-electron chi connectivity index (χ2n) is 4.64. The minimum absolute atomic E-state index is 0.593. The van der Waals surface area contributed by atoms with Gasteiger partial charge in [-0.2, -0.15) is 0 Å². The van der Waals surface area contributed by atoms with Gasteiger partial charge >= 0.3 is 0 Å². The molecule has 1 atom stereocenters. The van der Waals surface area contributed by atoms with E-state index in [0.29, 0.717) is 10.0 Å². The number of benzene rings is 2. The molecule has 0 bridgehead atoms. The van der Waals surface area contributed by atoms with Crippen molar-refractivity contribution in [1.82, 2.24) is 0 Å². The number of hydrogen-bond donors (Lipinski definition) is 1. The molecule has 0 amide bonds. The molecule has 0 saturated carbocycles. The summed E-state index contributed by atoms with van der Waals surface area (Å²) in [5.41, 5.74) is 8.94. The van der Waals surface area contributed by atoms with E-state index in [1.807, 2.05) is 50.2 Å². The average molecular weight is 280 g/mol. The fraction of sp³-hybridized carbons (Fsp3) is 0.200. The largest absolute Gasteiger partial charge is 0.318 e. The van der Waals surface area contributed by atoms with Crippen molar-refractivity contribution in [2.75, 3.05) is 0 Å². The van der Waals surface area contributed by atoms with Crippen LogP contribution in [0.2, 0.25) is 10.0 Å². The second kappa shape index (κ2) is 4.93. The predicted molar refractivity (Wildman–Crippen MR) is 78.3 cm³/mol. The Balaban J connectivity index is 2.58. The molecule has 2 aromatic carbocycles. The molecule has 0 saturated heterocycles. The van der Waals surface area contributed by atoms with Gasteiger partial charge in [0.1, 0.15) is 0 Å². The molecule has 0 aliphatic heterocycles. The molecule has 94 valence electrons. The normalized spacial score (nSPS) is 14.3. The van der Waals surface area contributed by atoms with Crippen molar-refractivity contribution in [1.29, 1.82) is 0 Å². The zero-order valence-electron chi connectivity index (χ0n) is 10.4. The van der Waals surface area contributed by atoms with E-state index in [9.17, 15) is 0 Å².